The van der Waals surface area contributed by atoms with E-state index in [9.17, 15) is 24.3 Å². The van der Waals surface area contributed by atoms with Crippen molar-refractivity contribution in [1.82, 2.24) is 10.2 Å². The number of amides is 2. The van der Waals surface area contributed by atoms with E-state index in [1.165, 1.54) is 12.0 Å². The van der Waals surface area contributed by atoms with E-state index >= 15 is 0 Å². The molecule has 2 aliphatic rings. The molecule has 8 nitrogen and oxygen atoms in total. The van der Waals surface area contributed by atoms with Gasteiger partial charge in [-0.1, -0.05) is 55.8 Å². The number of hydrogen-bond donors (Lipinski definition) is 2. The van der Waals surface area contributed by atoms with Gasteiger partial charge in [-0.2, -0.15) is 0 Å². The van der Waals surface area contributed by atoms with Gasteiger partial charge < -0.3 is 9.84 Å². The zero-order valence-corrected chi connectivity index (χ0v) is 19.2. The molecule has 0 aromatic heterocycles. The Bertz CT molecular complexity index is 1100. The van der Waals surface area contributed by atoms with Crippen molar-refractivity contribution in [3.8, 4) is 0 Å². The predicted octanol–water partition coefficient (Wildman–Crippen LogP) is 2.58. The number of carbonyl (C=O) groups is 4. The first-order chi connectivity index (χ1) is 16.3. The summed E-state index contributed by atoms with van der Waals surface area (Å²) in [5, 5.41) is 13.6. The van der Waals surface area contributed by atoms with Gasteiger partial charge in [0.2, 0.25) is 11.8 Å². The molecule has 0 spiro atoms. The molecule has 34 heavy (non-hydrogen) atoms. The number of imide groups is 1. The summed E-state index contributed by atoms with van der Waals surface area (Å²) in [7, 11) is 1.29. The van der Waals surface area contributed by atoms with Crippen molar-refractivity contribution in [1.29, 1.82) is 0 Å². The number of likely N-dealkylation sites (tertiary alicyclic amines) is 1. The van der Waals surface area contributed by atoms with Crippen LogP contribution in [0.15, 0.2) is 54.6 Å². The fourth-order valence-corrected chi connectivity index (χ4v) is 5.18. The van der Waals surface area contributed by atoms with E-state index in [1.807, 2.05) is 37.3 Å². The minimum absolute atomic E-state index is 0.0573. The lowest BCUT2D eigenvalue weighted by atomic mass is 9.76. The van der Waals surface area contributed by atoms with Gasteiger partial charge in [-0.25, -0.2) is 4.79 Å². The van der Waals surface area contributed by atoms with Gasteiger partial charge in [-0.05, 0) is 29.7 Å². The molecule has 0 radical (unpaired) electrons. The van der Waals surface area contributed by atoms with Crippen molar-refractivity contribution in [2.24, 2.45) is 11.8 Å². The Morgan fingerprint density at radius 3 is 2.32 bits per heavy atom. The van der Waals surface area contributed by atoms with E-state index in [0.29, 0.717) is 17.5 Å². The highest BCUT2D eigenvalue weighted by Crippen LogP contribution is 2.50. The zero-order valence-electron chi connectivity index (χ0n) is 19.2. The fourth-order valence-electron chi connectivity index (χ4n) is 5.18. The van der Waals surface area contributed by atoms with Crippen LogP contribution < -0.4 is 5.32 Å². The Kier molecular flexibility index (Phi) is 6.52. The van der Waals surface area contributed by atoms with Crippen LogP contribution in [0.5, 0.6) is 0 Å². The Labute approximate surface area is 197 Å². The first kappa shape index (κ1) is 23.6. The highest BCUT2D eigenvalue weighted by molar-refractivity contribution is 6.09. The first-order valence-corrected chi connectivity index (χ1v) is 11.4. The smallest absolute Gasteiger partial charge is 0.337 e. The standard InChI is InChI=1S/C26H28N2O6/c1-3-4-14-28-22(29)19-20(23(28)30)26(25(32)33,15-16-8-6-5-7-9-16)27-21(19)17-10-12-18(13-11-17)24(31)34-2/h5-13,19-21,27H,3-4,14-15H2,1-2H3,(H,32,33). The molecule has 2 aromatic carbocycles. The molecule has 4 unspecified atom stereocenters. The molecule has 2 aliphatic heterocycles. The van der Waals surface area contributed by atoms with Crippen LogP contribution >= 0.6 is 0 Å². The fraction of sp³-hybridized carbons (Fsp3) is 0.385. The Balaban J connectivity index is 1.79. The monoisotopic (exact) mass is 464 g/mol. The molecule has 4 atom stereocenters. The Hall–Kier alpha value is -3.52. The lowest BCUT2D eigenvalue weighted by Crippen LogP contribution is -2.57. The average Bonchev–Trinajstić information content (AvgIpc) is 3.32. The third-order valence-electron chi connectivity index (χ3n) is 6.88. The van der Waals surface area contributed by atoms with Crippen molar-refractivity contribution >= 4 is 23.8 Å². The van der Waals surface area contributed by atoms with Crippen LogP contribution in [-0.4, -0.2) is 53.0 Å². The average molecular weight is 465 g/mol. The molecule has 178 valence electrons. The number of rotatable bonds is 8. The maximum atomic E-state index is 13.5. The number of aliphatic carboxylic acids is 1. The van der Waals surface area contributed by atoms with Crippen LogP contribution in [-0.2, 0) is 25.5 Å². The number of esters is 1. The van der Waals surface area contributed by atoms with E-state index in [1.54, 1.807) is 24.3 Å². The summed E-state index contributed by atoms with van der Waals surface area (Å²) < 4.78 is 4.75. The predicted molar refractivity (Wildman–Crippen MR) is 123 cm³/mol. The SMILES string of the molecule is CCCCN1C(=O)C2C(c3ccc(C(=O)OC)cc3)NC(Cc3ccccc3)(C(=O)O)C2C1=O. The number of carboxylic acid groups (broad SMARTS) is 1. The molecule has 8 heteroatoms. The van der Waals surface area contributed by atoms with Crippen molar-refractivity contribution in [2.75, 3.05) is 13.7 Å². The van der Waals surface area contributed by atoms with Gasteiger partial charge in [0.15, 0.2) is 0 Å². The first-order valence-electron chi connectivity index (χ1n) is 11.4. The number of methoxy groups -OCH3 is 1. The number of fused-ring (bicyclic) bond motifs is 1. The second-order valence-corrected chi connectivity index (χ2v) is 8.86. The molecular formula is C26H28N2O6. The van der Waals surface area contributed by atoms with Crippen LogP contribution in [0.25, 0.3) is 0 Å². The molecule has 4 rings (SSSR count). The van der Waals surface area contributed by atoms with E-state index in [2.05, 4.69) is 5.32 Å². The Morgan fingerprint density at radius 1 is 1.06 bits per heavy atom. The lowest BCUT2D eigenvalue weighted by Gasteiger charge is -2.31. The lowest BCUT2D eigenvalue weighted by molar-refractivity contribution is -0.151. The second-order valence-electron chi connectivity index (χ2n) is 8.86. The second kappa shape index (κ2) is 9.38. The van der Waals surface area contributed by atoms with Crippen LogP contribution in [0.1, 0.15) is 47.3 Å². The van der Waals surface area contributed by atoms with Gasteiger partial charge in [-0.3, -0.25) is 24.6 Å². The molecular weight excluding hydrogens is 436 g/mol. The van der Waals surface area contributed by atoms with Gasteiger partial charge in [0, 0.05) is 19.0 Å². The molecule has 2 amide bonds. The minimum atomic E-state index is -1.65. The summed E-state index contributed by atoms with van der Waals surface area (Å²) in [6.45, 7) is 2.24. The van der Waals surface area contributed by atoms with Crippen LogP contribution in [0, 0.1) is 11.8 Å². The van der Waals surface area contributed by atoms with Gasteiger partial charge in [0.1, 0.15) is 5.54 Å². The molecule has 2 saturated heterocycles. The molecule has 0 bridgehead atoms. The van der Waals surface area contributed by atoms with Crippen LogP contribution in [0.2, 0.25) is 0 Å². The van der Waals surface area contributed by atoms with Gasteiger partial charge >= 0.3 is 11.9 Å². The number of carbonyl (C=O) groups excluding carboxylic acids is 3. The van der Waals surface area contributed by atoms with E-state index in [4.69, 9.17) is 4.74 Å². The van der Waals surface area contributed by atoms with Gasteiger partial charge in [0.25, 0.3) is 0 Å². The molecule has 2 heterocycles. The highest BCUT2D eigenvalue weighted by Gasteiger charge is 2.68. The maximum Gasteiger partial charge on any atom is 0.337 e. The molecule has 2 aromatic rings. The van der Waals surface area contributed by atoms with Gasteiger partial charge in [-0.15, -0.1) is 0 Å². The highest BCUT2D eigenvalue weighted by atomic mass is 16.5. The molecule has 2 N–H and O–H groups in total. The van der Waals surface area contributed by atoms with Crippen LogP contribution in [0.4, 0.5) is 0 Å². The summed E-state index contributed by atoms with van der Waals surface area (Å²) in [4.78, 5) is 52.9. The number of nitrogens with zero attached hydrogens (tertiary/aromatic N) is 1. The number of unbranched alkanes of at least 4 members (excludes halogenated alkanes) is 1. The topological polar surface area (TPSA) is 113 Å². The summed E-state index contributed by atoms with van der Waals surface area (Å²) in [6, 6.07) is 14.9. The van der Waals surface area contributed by atoms with Crippen LogP contribution in [0.3, 0.4) is 0 Å². The molecule has 2 fully saturated rings. The summed E-state index contributed by atoms with van der Waals surface area (Å²) >= 11 is 0. The number of ether oxygens (including phenoxy) is 1. The van der Waals surface area contributed by atoms with E-state index in [0.717, 1.165) is 12.0 Å². The minimum Gasteiger partial charge on any atom is -0.480 e. The van der Waals surface area contributed by atoms with E-state index < -0.39 is 41.3 Å². The quantitative estimate of drug-likeness (QED) is 0.456. The van der Waals surface area contributed by atoms with Crippen molar-refractivity contribution in [2.45, 2.75) is 37.8 Å². The summed E-state index contributed by atoms with van der Waals surface area (Å²) in [5.41, 5.74) is 0.0845. The zero-order chi connectivity index (χ0) is 24.5. The number of hydrogen-bond acceptors (Lipinski definition) is 6. The third kappa shape index (κ3) is 3.88. The largest absolute Gasteiger partial charge is 0.480 e. The summed E-state index contributed by atoms with van der Waals surface area (Å²) in [5.74, 6) is -4.35. The van der Waals surface area contributed by atoms with E-state index in [-0.39, 0.29) is 18.9 Å². The molecule has 0 saturated carbocycles. The summed E-state index contributed by atoms with van der Waals surface area (Å²) in [6.07, 6.45) is 1.51. The van der Waals surface area contributed by atoms with Crippen molar-refractivity contribution in [3.63, 3.8) is 0 Å². The van der Waals surface area contributed by atoms with Gasteiger partial charge in [0.05, 0.1) is 24.5 Å². The normalized spacial score (nSPS) is 25.9. The van der Waals surface area contributed by atoms with Crippen molar-refractivity contribution in [3.05, 3.63) is 71.3 Å². The maximum absolute atomic E-state index is 13.5. The Morgan fingerprint density at radius 2 is 1.74 bits per heavy atom. The number of carboxylic acids is 1. The number of nitrogens with one attached hydrogen (secondary N) is 1. The third-order valence-corrected chi connectivity index (χ3v) is 6.88. The number of benzene rings is 2. The van der Waals surface area contributed by atoms with Crippen molar-refractivity contribution < 1.29 is 29.0 Å². The molecule has 0 aliphatic carbocycles.